The third-order valence-electron chi connectivity index (χ3n) is 4.81. The lowest BCUT2D eigenvalue weighted by Crippen LogP contribution is -2.45. The minimum Gasteiger partial charge on any atom is -0.868 e. The lowest BCUT2D eigenvalue weighted by molar-refractivity contribution is -0.398. The maximum Gasteiger partial charge on any atom is 0.338 e. The Kier molecular flexibility index (Phi) is 5.07. The fourth-order valence-electron chi connectivity index (χ4n) is 3.33. The molecule has 2 aliphatic rings. The van der Waals surface area contributed by atoms with E-state index in [1.54, 1.807) is 18.2 Å². The van der Waals surface area contributed by atoms with Crippen molar-refractivity contribution < 1.29 is 33.8 Å². The number of esters is 1. The number of hydrogen-bond acceptors (Lipinski definition) is 8. The van der Waals surface area contributed by atoms with Crippen molar-refractivity contribution in [2.45, 2.75) is 19.6 Å². The molecule has 1 atom stereocenters. The Morgan fingerprint density at radius 2 is 2.00 bits per heavy atom. The van der Waals surface area contributed by atoms with E-state index in [9.17, 15) is 24.8 Å². The minimum atomic E-state index is -1.03. The molecule has 0 aliphatic carbocycles. The molecule has 0 spiro atoms. The molecule has 0 saturated heterocycles. The lowest BCUT2D eigenvalue weighted by Gasteiger charge is -2.28. The van der Waals surface area contributed by atoms with E-state index in [1.807, 2.05) is 0 Å². The third-order valence-corrected chi connectivity index (χ3v) is 4.81. The molecule has 2 aliphatic heterocycles. The second-order valence-corrected chi connectivity index (χ2v) is 6.82. The number of benzene rings is 2. The Bertz CT molecular complexity index is 1130. The van der Waals surface area contributed by atoms with Gasteiger partial charge in [-0.25, -0.2) is 9.59 Å². The Balaban J connectivity index is 1.59. The molecule has 0 bridgehead atoms. The predicted molar refractivity (Wildman–Crippen MR) is 102 cm³/mol. The number of fused-ring (bicyclic) bond motifs is 1. The average Bonchev–Trinajstić information content (AvgIpc) is 3.19. The summed E-state index contributed by atoms with van der Waals surface area (Å²) in [6, 6.07) is 6.86. The largest absolute Gasteiger partial charge is 0.868 e. The number of nitro groups is 1. The summed E-state index contributed by atoms with van der Waals surface area (Å²) < 4.78 is 15.9. The Labute approximate surface area is 175 Å². The number of hydrogen-bond donors (Lipinski definition) is 2. The van der Waals surface area contributed by atoms with Gasteiger partial charge >= 0.3 is 12.0 Å². The van der Waals surface area contributed by atoms with Crippen molar-refractivity contribution in [3.8, 4) is 17.2 Å². The van der Waals surface area contributed by atoms with Crippen molar-refractivity contribution >= 4 is 17.7 Å². The van der Waals surface area contributed by atoms with Crippen LogP contribution in [0.3, 0.4) is 0 Å². The van der Waals surface area contributed by atoms with E-state index in [0.29, 0.717) is 17.1 Å². The van der Waals surface area contributed by atoms with Gasteiger partial charge in [-0.2, -0.15) is 0 Å². The van der Waals surface area contributed by atoms with Gasteiger partial charge in [0, 0.05) is 11.8 Å². The maximum atomic E-state index is 12.9. The molecule has 0 radical (unpaired) electrons. The maximum absolute atomic E-state index is 12.9. The smallest absolute Gasteiger partial charge is 0.338 e. The van der Waals surface area contributed by atoms with Gasteiger partial charge in [0.15, 0.2) is 11.5 Å². The highest BCUT2D eigenvalue weighted by atomic mass is 16.7. The normalized spacial score (nSPS) is 17.1. The van der Waals surface area contributed by atoms with Gasteiger partial charge in [-0.3, -0.25) is 10.1 Å². The van der Waals surface area contributed by atoms with Crippen LogP contribution in [0.25, 0.3) is 0 Å². The van der Waals surface area contributed by atoms with E-state index in [1.165, 1.54) is 13.0 Å². The topological polar surface area (TPSA) is 152 Å². The van der Waals surface area contributed by atoms with Crippen LogP contribution in [0.2, 0.25) is 0 Å². The highest BCUT2D eigenvalue weighted by Crippen LogP contribution is 2.34. The Morgan fingerprint density at radius 3 is 2.77 bits per heavy atom. The second kappa shape index (κ2) is 7.86. The van der Waals surface area contributed by atoms with Crippen LogP contribution in [0.5, 0.6) is 17.2 Å². The van der Waals surface area contributed by atoms with E-state index in [0.717, 1.165) is 12.1 Å². The predicted octanol–water partition coefficient (Wildman–Crippen LogP) is 1.77. The third kappa shape index (κ3) is 3.92. The van der Waals surface area contributed by atoms with Crippen molar-refractivity contribution in [2.75, 3.05) is 6.79 Å². The number of urea groups is 1. The van der Waals surface area contributed by atoms with Crippen LogP contribution in [0.1, 0.15) is 24.1 Å². The highest BCUT2D eigenvalue weighted by molar-refractivity contribution is 5.95. The molecule has 0 saturated carbocycles. The van der Waals surface area contributed by atoms with Crippen molar-refractivity contribution in [3.63, 3.8) is 0 Å². The van der Waals surface area contributed by atoms with Gasteiger partial charge in [-0.15, -0.1) is 0 Å². The molecule has 4 rings (SSSR count). The van der Waals surface area contributed by atoms with Gasteiger partial charge in [0.05, 0.1) is 16.5 Å². The Hall–Kier alpha value is -4.28. The molecular formula is C20H16N3O8-. The van der Waals surface area contributed by atoms with Gasteiger partial charge in [-0.05, 0) is 35.9 Å². The first-order chi connectivity index (χ1) is 14.8. The standard InChI is InChI=1S/C20H17N3O8/c1-10-17(19(25)29-8-11-2-5-15-16(6-11)31-9-30-15)18(22-20(26)21-10)12-3-4-14(24)13(7-12)23(27)28/h2-7,18,24H,8-9H2,1H3,(H2,21,22,26)/p-1/t18-/m0/s1. The highest BCUT2D eigenvalue weighted by Gasteiger charge is 2.33. The first-order valence-electron chi connectivity index (χ1n) is 9.13. The van der Waals surface area contributed by atoms with E-state index in [4.69, 9.17) is 14.2 Å². The van der Waals surface area contributed by atoms with Crippen LogP contribution in [0.4, 0.5) is 10.5 Å². The molecule has 0 fully saturated rings. The van der Waals surface area contributed by atoms with Crippen LogP contribution in [-0.4, -0.2) is 23.7 Å². The van der Waals surface area contributed by atoms with Crippen LogP contribution < -0.4 is 25.2 Å². The zero-order valence-electron chi connectivity index (χ0n) is 16.2. The summed E-state index contributed by atoms with van der Waals surface area (Å²) in [7, 11) is 0. The van der Waals surface area contributed by atoms with Gasteiger partial charge in [0.1, 0.15) is 6.61 Å². The first kappa shape index (κ1) is 20.0. The molecule has 2 heterocycles. The summed E-state index contributed by atoms with van der Waals surface area (Å²) in [5.41, 5.74) is 0.504. The number of amides is 2. The quantitative estimate of drug-likeness (QED) is 0.417. The monoisotopic (exact) mass is 426 g/mol. The summed E-state index contributed by atoms with van der Waals surface area (Å²) in [6.45, 7) is 1.55. The van der Waals surface area contributed by atoms with Crippen LogP contribution in [0.15, 0.2) is 47.7 Å². The number of ether oxygens (including phenoxy) is 3. The molecule has 2 aromatic rings. The summed E-state index contributed by atoms with van der Waals surface area (Å²) in [4.78, 5) is 35.1. The fraction of sp³-hybridized carbons (Fsp3) is 0.200. The van der Waals surface area contributed by atoms with Crippen molar-refractivity contribution in [3.05, 3.63) is 68.9 Å². The molecule has 0 unspecified atom stereocenters. The summed E-state index contributed by atoms with van der Waals surface area (Å²) in [6.07, 6.45) is 0. The van der Waals surface area contributed by atoms with E-state index in [2.05, 4.69) is 10.6 Å². The van der Waals surface area contributed by atoms with Crippen LogP contribution in [-0.2, 0) is 16.1 Å². The summed E-state index contributed by atoms with van der Waals surface area (Å²) in [5, 5.41) is 27.9. The number of carbonyl (C=O) groups excluding carboxylic acids is 2. The van der Waals surface area contributed by atoms with Gasteiger partial charge in [0.25, 0.3) is 5.69 Å². The molecule has 2 aromatic carbocycles. The van der Waals surface area contributed by atoms with E-state index < -0.39 is 34.4 Å². The molecule has 11 nitrogen and oxygen atoms in total. The zero-order chi connectivity index (χ0) is 22.1. The van der Waals surface area contributed by atoms with Crippen molar-refractivity contribution in [1.82, 2.24) is 10.6 Å². The van der Waals surface area contributed by atoms with Crippen LogP contribution >= 0.6 is 0 Å². The molecular weight excluding hydrogens is 410 g/mol. The van der Waals surface area contributed by atoms with Crippen molar-refractivity contribution in [2.24, 2.45) is 0 Å². The number of nitrogens with one attached hydrogen (secondary N) is 2. The molecule has 2 amide bonds. The number of nitro benzene ring substituents is 1. The lowest BCUT2D eigenvalue weighted by atomic mass is 9.95. The Morgan fingerprint density at radius 1 is 1.23 bits per heavy atom. The van der Waals surface area contributed by atoms with E-state index in [-0.39, 0.29) is 30.2 Å². The number of allylic oxidation sites excluding steroid dienone is 1. The second-order valence-electron chi connectivity index (χ2n) is 6.82. The average molecular weight is 426 g/mol. The number of carbonyl (C=O) groups is 2. The van der Waals surface area contributed by atoms with Crippen LogP contribution in [0, 0.1) is 10.1 Å². The van der Waals surface area contributed by atoms with Gasteiger partial charge < -0.3 is 30.0 Å². The number of rotatable bonds is 5. The molecule has 2 N–H and O–H groups in total. The zero-order valence-corrected chi connectivity index (χ0v) is 16.2. The molecule has 11 heteroatoms. The van der Waals surface area contributed by atoms with E-state index >= 15 is 0 Å². The SMILES string of the molecule is CC1=C(C(=O)OCc2ccc3c(c2)OCO3)[C@H](c2ccc([O-])c([N+](=O)[O-])c2)NC(=O)N1. The van der Waals surface area contributed by atoms with Crippen molar-refractivity contribution in [1.29, 1.82) is 0 Å². The number of nitrogens with zero attached hydrogens (tertiary/aromatic N) is 1. The van der Waals surface area contributed by atoms with Gasteiger partial charge in [-0.1, -0.05) is 18.2 Å². The van der Waals surface area contributed by atoms with Gasteiger partial charge in [0.2, 0.25) is 6.79 Å². The fourth-order valence-corrected chi connectivity index (χ4v) is 3.33. The molecule has 31 heavy (non-hydrogen) atoms. The molecule has 0 aromatic heterocycles. The summed E-state index contributed by atoms with van der Waals surface area (Å²) in [5.74, 6) is -0.377. The molecule has 160 valence electrons. The summed E-state index contributed by atoms with van der Waals surface area (Å²) >= 11 is 0. The first-order valence-corrected chi connectivity index (χ1v) is 9.13. The minimum absolute atomic E-state index is 0.0632.